The van der Waals surface area contributed by atoms with Crippen LogP contribution >= 0.6 is 0 Å². The van der Waals surface area contributed by atoms with Gasteiger partial charge in [-0.3, -0.25) is 9.00 Å². The summed E-state index contributed by atoms with van der Waals surface area (Å²) in [5.41, 5.74) is 6.41. The largest absolute Gasteiger partial charge is 0.409 e. The van der Waals surface area contributed by atoms with Crippen molar-refractivity contribution in [3.8, 4) is 0 Å². The van der Waals surface area contributed by atoms with Crippen molar-refractivity contribution < 1.29 is 14.2 Å². The van der Waals surface area contributed by atoms with Crippen molar-refractivity contribution in [3.05, 3.63) is 35.4 Å². The molecule has 1 aromatic rings. The zero-order chi connectivity index (χ0) is 14.4. The van der Waals surface area contributed by atoms with Crippen LogP contribution in [0.5, 0.6) is 0 Å². The number of amides is 1. The standard InChI is InChI=1S/C12H17N3O3S/c1-8(7-19(2)18)14-12(16)10-5-3-9(4-6-10)11(13)15-17/h3-6,8,17H,7H2,1-2H3,(H2,13,15)(H,14,16). The van der Waals surface area contributed by atoms with Gasteiger partial charge in [-0.2, -0.15) is 0 Å². The number of rotatable bonds is 5. The molecule has 2 atom stereocenters. The first-order valence-electron chi connectivity index (χ1n) is 5.63. The van der Waals surface area contributed by atoms with Gasteiger partial charge in [0.05, 0.1) is 0 Å². The second kappa shape index (κ2) is 6.89. The number of carbonyl (C=O) groups is 1. The maximum Gasteiger partial charge on any atom is 0.251 e. The third kappa shape index (κ3) is 4.70. The van der Waals surface area contributed by atoms with Crippen LogP contribution < -0.4 is 11.1 Å². The molecule has 104 valence electrons. The molecule has 0 aliphatic heterocycles. The number of amidine groups is 1. The molecule has 0 aliphatic carbocycles. The Kier molecular flexibility index (Phi) is 5.50. The van der Waals surface area contributed by atoms with E-state index in [1.165, 1.54) is 0 Å². The highest BCUT2D eigenvalue weighted by molar-refractivity contribution is 7.84. The third-order valence-electron chi connectivity index (χ3n) is 2.41. The summed E-state index contributed by atoms with van der Waals surface area (Å²) in [6.45, 7) is 1.80. The van der Waals surface area contributed by atoms with Gasteiger partial charge in [0.25, 0.3) is 5.91 Å². The fourth-order valence-corrected chi connectivity index (χ4v) is 2.34. The van der Waals surface area contributed by atoms with E-state index in [-0.39, 0.29) is 17.8 Å². The number of carbonyl (C=O) groups excluding carboxylic acids is 1. The fraction of sp³-hybridized carbons (Fsp3) is 0.333. The first-order chi connectivity index (χ1) is 8.93. The van der Waals surface area contributed by atoms with Crippen LogP contribution in [-0.2, 0) is 10.8 Å². The third-order valence-corrected chi connectivity index (χ3v) is 3.38. The molecule has 1 aromatic carbocycles. The smallest absolute Gasteiger partial charge is 0.251 e. The Bertz CT molecular complexity index is 499. The minimum Gasteiger partial charge on any atom is -0.409 e. The number of hydrogen-bond acceptors (Lipinski definition) is 4. The number of hydrogen-bond donors (Lipinski definition) is 3. The van der Waals surface area contributed by atoms with Gasteiger partial charge < -0.3 is 16.3 Å². The Morgan fingerprint density at radius 2 is 1.95 bits per heavy atom. The van der Waals surface area contributed by atoms with Gasteiger partial charge in [-0.25, -0.2) is 0 Å². The molecule has 0 aliphatic rings. The van der Waals surface area contributed by atoms with Crippen LogP contribution in [0.4, 0.5) is 0 Å². The molecular formula is C12H17N3O3S. The molecule has 19 heavy (non-hydrogen) atoms. The van der Waals surface area contributed by atoms with Gasteiger partial charge in [0.2, 0.25) is 0 Å². The minimum absolute atomic E-state index is 0.0123. The Morgan fingerprint density at radius 3 is 2.42 bits per heavy atom. The van der Waals surface area contributed by atoms with Gasteiger partial charge >= 0.3 is 0 Å². The molecule has 0 saturated carbocycles. The Morgan fingerprint density at radius 1 is 1.42 bits per heavy atom. The molecule has 0 saturated heterocycles. The van der Waals surface area contributed by atoms with Gasteiger partial charge in [-0.05, 0) is 19.1 Å². The first kappa shape index (κ1) is 15.2. The van der Waals surface area contributed by atoms with E-state index in [0.29, 0.717) is 16.9 Å². The van der Waals surface area contributed by atoms with Gasteiger partial charge in [0.1, 0.15) is 0 Å². The van der Waals surface area contributed by atoms with Crippen LogP contribution in [0.2, 0.25) is 0 Å². The second-order valence-corrected chi connectivity index (χ2v) is 5.66. The summed E-state index contributed by atoms with van der Waals surface area (Å²) in [4.78, 5) is 11.9. The summed E-state index contributed by atoms with van der Waals surface area (Å²) < 4.78 is 11.0. The van der Waals surface area contributed by atoms with Crippen LogP contribution in [-0.4, -0.2) is 39.2 Å². The lowest BCUT2D eigenvalue weighted by atomic mass is 10.1. The number of oxime groups is 1. The lowest BCUT2D eigenvalue weighted by molar-refractivity contribution is 0.0943. The molecule has 1 amide bonds. The highest BCUT2D eigenvalue weighted by Crippen LogP contribution is 2.04. The van der Waals surface area contributed by atoms with Crippen molar-refractivity contribution in [1.29, 1.82) is 0 Å². The number of nitrogens with zero attached hydrogens (tertiary/aromatic N) is 1. The highest BCUT2D eigenvalue weighted by Gasteiger charge is 2.11. The van der Waals surface area contributed by atoms with E-state index in [1.807, 2.05) is 0 Å². The van der Waals surface area contributed by atoms with E-state index >= 15 is 0 Å². The van der Waals surface area contributed by atoms with E-state index < -0.39 is 10.8 Å². The second-order valence-electron chi connectivity index (χ2n) is 4.18. The minimum atomic E-state index is -0.954. The average Bonchev–Trinajstić information content (AvgIpc) is 2.36. The van der Waals surface area contributed by atoms with E-state index in [4.69, 9.17) is 10.9 Å². The summed E-state index contributed by atoms with van der Waals surface area (Å²) in [7, 11) is -0.954. The SMILES string of the molecule is CC(CS(C)=O)NC(=O)c1ccc(/C(N)=N/O)cc1. The zero-order valence-electron chi connectivity index (χ0n) is 10.8. The topological polar surface area (TPSA) is 105 Å². The fourth-order valence-electron chi connectivity index (χ4n) is 1.55. The predicted molar refractivity (Wildman–Crippen MR) is 74.8 cm³/mol. The van der Waals surface area contributed by atoms with Gasteiger partial charge in [0.15, 0.2) is 5.84 Å². The summed E-state index contributed by atoms with van der Waals surface area (Å²) in [5.74, 6) is 0.152. The van der Waals surface area contributed by atoms with Crippen molar-refractivity contribution in [2.75, 3.05) is 12.0 Å². The van der Waals surface area contributed by atoms with Crippen LogP contribution in [0, 0.1) is 0 Å². The molecule has 0 bridgehead atoms. The molecule has 4 N–H and O–H groups in total. The van der Waals surface area contributed by atoms with Gasteiger partial charge in [-0.15, -0.1) is 0 Å². The molecule has 6 nitrogen and oxygen atoms in total. The monoisotopic (exact) mass is 283 g/mol. The van der Waals surface area contributed by atoms with Crippen molar-refractivity contribution >= 4 is 22.5 Å². The predicted octanol–water partition coefficient (Wildman–Crippen LogP) is 0.278. The average molecular weight is 283 g/mol. The Labute approximate surface area is 114 Å². The van der Waals surface area contributed by atoms with Crippen LogP contribution in [0.15, 0.2) is 29.4 Å². The Balaban J connectivity index is 2.70. The molecule has 0 aromatic heterocycles. The molecule has 7 heteroatoms. The quantitative estimate of drug-likeness (QED) is 0.312. The summed E-state index contributed by atoms with van der Waals surface area (Å²) in [5, 5.41) is 14.1. The molecule has 0 fully saturated rings. The molecule has 2 unspecified atom stereocenters. The van der Waals surface area contributed by atoms with Crippen molar-refractivity contribution in [2.24, 2.45) is 10.9 Å². The van der Waals surface area contributed by atoms with Crippen molar-refractivity contribution in [1.82, 2.24) is 5.32 Å². The zero-order valence-corrected chi connectivity index (χ0v) is 11.6. The van der Waals surface area contributed by atoms with Gasteiger partial charge in [-0.1, -0.05) is 17.3 Å². The van der Waals surface area contributed by atoms with E-state index in [1.54, 1.807) is 37.4 Å². The molecule has 1 rings (SSSR count). The summed E-state index contributed by atoms with van der Waals surface area (Å²) in [6, 6.07) is 6.18. The summed E-state index contributed by atoms with van der Waals surface area (Å²) >= 11 is 0. The van der Waals surface area contributed by atoms with Gasteiger partial charge in [0, 0.05) is 40.0 Å². The van der Waals surface area contributed by atoms with E-state index in [2.05, 4.69) is 10.5 Å². The number of benzene rings is 1. The normalized spacial score (nSPS) is 14.7. The maximum absolute atomic E-state index is 11.9. The summed E-state index contributed by atoms with van der Waals surface area (Å²) in [6.07, 6.45) is 1.59. The van der Waals surface area contributed by atoms with E-state index in [9.17, 15) is 9.00 Å². The molecule has 0 radical (unpaired) electrons. The lowest BCUT2D eigenvalue weighted by Crippen LogP contribution is -2.36. The molecular weight excluding hydrogens is 266 g/mol. The Hall–Kier alpha value is -1.89. The van der Waals surface area contributed by atoms with Crippen molar-refractivity contribution in [3.63, 3.8) is 0 Å². The number of nitrogens with one attached hydrogen (secondary N) is 1. The van der Waals surface area contributed by atoms with Crippen LogP contribution in [0.1, 0.15) is 22.8 Å². The van der Waals surface area contributed by atoms with E-state index in [0.717, 1.165) is 0 Å². The maximum atomic E-state index is 11.9. The van der Waals surface area contributed by atoms with Crippen molar-refractivity contribution in [2.45, 2.75) is 13.0 Å². The lowest BCUT2D eigenvalue weighted by Gasteiger charge is -2.12. The molecule has 0 heterocycles. The molecule has 0 spiro atoms. The first-order valence-corrected chi connectivity index (χ1v) is 7.35. The van der Waals surface area contributed by atoms with Crippen LogP contribution in [0.25, 0.3) is 0 Å². The van der Waals surface area contributed by atoms with Crippen LogP contribution in [0.3, 0.4) is 0 Å². The highest BCUT2D eigenvalue weighted by atomic mass is 32.2. The number of nitrogens with two attached hydrogens (primary N) is 1.